The summed E-state index contributed by atoms with van der Waals surface area (Å²) in [6.45, 7) is 2.05. The minimum absolute atomic E-state index is 0.0743. The molecule has 1 aromatic heterocycles. The van der Waals surface area contributed by atoms with Gasteiger partial charge in [-0.2, -0.15) is 0 Å². The summed E-state index contributed by atoms with van der Waals surface area (Å²) in [4.78, 5) is 14.8. The lowest BCUT2D eigenvalue weighted by Gasteiger charge is -2.02. The SMILES string of the molecule is Cc1ccccc1-c1csc(Nc2ccc([N+](=O)[O-])cc2)n1. The number of benzene rings is 2. The molecule has 2 aromatic carbocycles. The minimum Gasteiger partial charge on any atom is -0.332 e. The van der Waals surface area contributed by atoms with Crippen LogP contribution in [0.1, 0.15) is 5.56 Å². The number of hydrogen-bond donors (Lipinski definition) is 1. The largest absolute Gasteiger partial charge is 0.332 e. The Hall–Kier alpha value is -2.73. The van der Waals surface area contributed by atoms with Crippen molar-refractivity contribution in [3.63, 3.8) is 0 Å². The van der Waals surface area contributed by atoms with Gasteiger partial charge in [-0.25, -0.2) is 4.98 Å². The van der Waals surface area contributed by atoms with E-state index in [1.807, 2.05) is 23.6 Å². The second-order valence-electron chi connectivity index (χ2n) is 4.78. The molecule has 3 aromatic rings. The van der Waals surface area contributed by atoms with E-state index in [4.69, 9.17) is 0 Å². The Bertz CT molecular complexity index is 812. The van der Waals surface area contributed by atoms with Crippen molar-refractivity contribution in [2.24, 2.45) is 0 Å². The molecule has 0 radical (unpaired) electrons. The van der Waals surface area contributed by atoms with E-state index in [-0.39, 0.29) is 5.69 Å². The summed E-state index contributed by atoms with van der Waals surface area (Å²) >= 11 is 1.50. The van der Waals surface area contributed by atoms with Crippen molar-refractivity contribution >= 4 is 27.8 Å². The molecule has 6 heteroatoms. The van der Waals surface area contributed by atoms with Gasteiger partial charge in [-0.3, -0.25) is 10.1 Å². The van der Waals surface area contributed by atoms with E-state index >= 15 is 0 Å². The van der Waals surface area contributed by atoms with Gasteiger partial charge in [0, 0.05) is 28.8 Å². The summed E-state index contributed by atoms with van der Waals surface area (Å²) in [6, 6.07) is 14.4. The van der Waals surface area contributed by atoms with Crippen LogP contribution in [0.5, 0.6) is 0 Å². The van der Waals surface area contributed by atoms with Crippen LogP contribution in [0.2, 0.25) is 0 Å². The number of nitrogens with zero attached hydrogens (tertiary/aromatic N) is 2. The number of rotatable bonds is 4. The highest BCUT2D eigenvalue weighted by Crippen LogP contribution is 2.29. The van der Waals surface area contributed by atoms with Crippen molar-refractivity contribution in [3.8, 4) is 11.3 Å². The Kier molecular flexibility index (Phi) is 3.84. The van der Waals surface area contributed by atoms with Gasteiger partial charge in [-0.15, -0.1) is 11.3 Å². The molecule has 0 saturated carbocycles. The second kappa shape index (κ2) is 5.95. The normalized spacial score (nSPS) is 10.4. The molecule has 22 heavy (non-hydrogen) atoms. The topological polar surface area (TPSA) is 68.1 Å². The molecule has 0 fully saturated rings. The number of nitro groups is 1. The third-order valence-electron chi connectivity index (χ3n) is 3.25. The van der Waals surface area contributed by atoms with Crippen LogP contribution in [-0.4, -0.2) is 9.91 Å². The first kappa shape index (κ1) is 14.2. The van der Waals surface area contributed by atoms with Gasteiger partial charge < -0.3 is 5.32 Å². The maximum Gasteiger partial charge on any atom is 0.269 e. The lowest BCUT2D eigenvalue weighted by Crippen LogP contribution is -1.91. The summed E-state index contributed by atoms with van der Waals surface area (Å²) in [7, 11) is 0. The van der Waals surface area contributed by atoms with E-state index in [2.05, 4.69) is 23.3 Å². The summed E-state index contributed by atoms with van der Waals surface area (Å²) in [5.74, 6) is 0. The average molecular weight is 311 g/mol. The maximum absolute atomic E-state index is 10.6. The van der Waals surface area contributed by atoms with Crippen LogP contribution in [0, 0.1) is 17.0 Å². The zero-order valence-electron chi connectivity index (χ0n) is 11.8. The monoisotopic (exact) mass is 311 g/mol. The predicted molar refractivity (Wildman–Crippen MR) is 88.7 cm³/mol. The predicted octanol–water partition coefficient (Wildman–Crippen LogP) is 4.77. The van der Waals surface area contributed by atoms with E-state index in [1.165, 1.54) is 29.0 Å². The second-order valence-corrected chi connectivity index (χ2v) is 5.64. The van der Waals surface area contributed by atoms with Gasteiger partial charge in [0.15, 0.2) is 5.13 Å². The van der Waals surface area contributed by atoms with E-state index in [0.29, 0.717) is 0 Å². The smallest absolute Gasteiger partial charge is 0.269 e. The molecule has 0 spiro atoms. The Balaban J connectivity index is 1.80. The van der Waals surface area contributed by atoms with Gasteiger partial charge in [0.05, 0.1) is 10.6 Å². The molecule has 1 N–H and O–H groups in total. The van der Waals surface area contributed by atoms with E-state index < -0.39 is 4.92 Å². The summed E-state index contributed by atoms with van der Waals surface area (Å²) in [5, 5.41) is 16.6. The third kappa shape index (κ3) is 2.96. The Morgan fingerprint density at radius 3 is 2.55 bits per heavy atom. The highest BCUT2D eigenvalue weighted by Gasteiger charge is 2.08. The number of nitrogens with one attached hydrogen (secondary N) is 1. The molecule has 0 aliphatic rings. The molecule has 0 aliphatic heterocycles. The molecule has 5 nitrogen and oxygen atoms in total. The standard InChI is InChI=1S/C16H13N3O2S/c1-11-4-2-3-5-14(11)15-10-22-16(18-15)17-12-6-8-13(9-7-12)19(20)21/h2-10H,1H3,(H,17,18). The Morgan fingerprint density at radius 2 is 1.86 bits per heavy atom. The number of thiazole rings is 1. The zero-order chi connectivity index (χ0) is 15.5. The number of nitro benzene ring substituents is 1. The lowest BCUT2D eigenvalue weighted by molar-refractivity contribution is -0.384. The fourth-order valence-corrected chi connectivity index (χ4v) is 2.84. The van der Waals surface area contributed by atoms with Crippen LogP contribution < -0.4 is 5.32 Å². The Morgan fingerprint density at radius 1 is 1.14 bits per heavy atom. The van der Waals surface area contributed by atoms with E-state index in [1.54, 1.807) is 12.1 Å². The van der Waals surface area contributed by atoms with Gasteiger partial charge >= 0.3 is 0 Å². The van der Waals surface area contributed by atoms with Crippen LogP contribution in [0.15, 0.2) is 53.9 Å². The molecule has 0 aliphatic carbocycles. The van der Waals surface area contributed by atoms with Crippen molar-refractivity contribution in [2.75, 3.05) is 5.32 Å². The molecule has 3 rings (SSSR count). The average Bonchev–Trinajstić information content (AvgIpc) is 2.96. The number of aryl methyl sites for hydroxylation is 1. The first-order valence-electron chi connectivity index (χ1n) is 6.66. The first-order valence-corrected chi connectivity index (χ1v) is 7.54. The lowest BCUT2D eigenvalue weighted by atomic mass is 10.1. The molecular weight excluding hydrogens is 298 g/mol. The van der Waals surface area contributed by atoms with Crippen LogP contribution in [0.25, 0.3) is 11.3 Å². The highest BCUT2D eigenvalue weighted by molar-refractivity contribution is 7.14. The summed E-state index contributed by atoms with van der Waals surface area (Å²) in [6.07, 6.45) is 0. The molecule has 1 heterocycles. The summed E-state index contributed by atoms with van der Waals surface area (Å²) < 4.78 is 0. The van der Waals surface area contributed by atoms with Crippen molar-refractivity contribution in [1.82, 2.24) is 4.98 Å². The molecule has 0 bridgehead atoms. The maximum atomic E-state index is 10.6. The van der Waals surface area contributed by atoms with Crippen molar-refractivity contribution in [2.45, 2.75) is 6.92 Å². The van der Waals surface area contributed by atoms with E-state index in [9.17, 15) is 10.1 Å². The quantitative estimate of drug-likeness (QED) is 0.556. The minimum atomic E-state index is -0.413. The summed E-state index contributed by atoms with van der Waals surface area (Å²) in [5.41, 5.74) is 4.05. The van der Waals surface area contributed by atoms with Crippen LogP contribution in [-0.2, 0) is 0 Å². The molecule has 110 valence electrons. The third-order valence-corrected chi connectivity index (χ3v) is 4.01. The first-order chi connectivity index (χ1) is 10.6. The number of non-ortho nitro benzene ring substituents is 1. The molecule has 0 amide bonds. The van der Waals surface area contributed by atoms with Crippen LogP contribution in [0.4, 0.5) is 16.5 Å². The fraction of sp³-hybridized carbons (Fsp3) is 0.0625. The van der Waals surface area contributed by atoms with E-state index in [0.717, 1.165) is 22.1 Å². The number of anilines is 2. The molecule has 0 unspecified atom stereocenters. The van der Waals surface area contributed by atoms with Gasteiger partial charge in [0.1, 0.15) is 0 Å². The molecule has 0 atom stereocenters. The van der Waals surface area contributed by atoms with Gasteiger partial charge in [-0.1, -0.05) is 24.3 Å². The van der Waals surface area contributed by atoms with Crippen molar-refractivity contribution < 1.29 is 4.92 Å². The van der Waals surface area contributed by atoms with Gasteiger partial charge in [-0.05, 0) is 24.6 Å². The molecule has 0 saturated heterocycles. The number of aromatic nitrogens is 1. The fourth-order valence-electron chi connectivity index (χ4n) is 2.11. The molecular formula is C16H13N3O2S. The van der Waals surface area contributed by atoms with Gasteiger partial charge in [0.25, 0.3) is 5.69 Å². The van der Waals surface area contributed by atoms with Crippen molar-refractivity contribution in [1.29, 1.82) is 0 Å². The number of hydrogen-bond acceptors (Lipinski definition) is 5. The van der Waals surface area contributed by atoms with Crippen molar-refractivity contribution in [3.05, 3.63) is 69.6 Å². The highest BCUT2D eigenvalue weighted by atomic mass is 32.1. The zero-order valence-corrected chi connectivity index (χ0v) is 12.6. The van der Waals surface area contributed by atoms with Crippen LogP contribution >= 0.6 is 11.3 Å². The Labute approximate surface area is 131 Å². The van der Waals surface area contributed by atoms with Crippen LogP contribution in [0.3, 0.4) is 0 Å². The van der Waals surface area contributed by atoms with Gasteiger partial charge in [0.2, 0.25) is 0 Å².